The summed E-state index contributed by atoms with van der Waals surface area (Å²) in [6, 6.07) is 17.4. The van der Waals surface area contributed by atoms with Crippen LogP contribution in [0, 0.1) is 22.7 Å². The molecule has 2 aromatic carbocycles. The molecule has 0 saturated heterocycles. The maximum absolute atomic E-state index is 12.6. The van der Waals surface area contributed by atoms with Gasteiger partial charge in [-0.3, -0.25) is 4.79 Å². The topological polar surface area (TPSA) is 64.7 Å². The van der Waals surface area contributed by atoms with Gasteiger partial charge in [0.25, 0.3) is 0 Å². The number of nitrogens with zero attached hydrogens (tertiary/aromatic N) is 2. The van der Waals surface area contributed by atoms with E-state index in [2.05, 4.69) is 15.9 Å². The van der Waals surface area contributed by atoms with Crippen LogP contribution >= 0.6 is 38.5 Å². The third-order valence-corrected chi connectivity index (χ3v) is 4.87. The maximum atomic E-state index is 12.6. The van der Waals surface area contributed by atoms with Gasteiger partial charge in [0.05, 0.1) is 23.3 Å². The van der Waals surface area contributed by atoms with E-state index < -0.39 is 2.33 Å². The van der Waals surface area contributed by atoms with Crippen LogP contribution in [0.5, 0.6) is 0 Å². The zero-order valence-electron chi connectivity index (χ0n) is 10.7. The summed E-state index contributed by atoms with van der Waals surface area (Å²) >= 11 is 5.50. The van der Waals surface area contributed by atoms with E-state index in [9.17, 15) is 4.79 Å². The lowest BCUT2D eigenvalue weighted by molar-refractivity contribution is 0.0986. The van der Waals surface area contributed by atoms with Crippen molar-refractivity contribution in [1.29, 1.82) is 10.5 Å². The zero-order valence-corrected chi connectivity index (χ0v) is 14.4. The van der Waals surface area contributed by atoms with Crippen LogP contribution in [-0.4, -0.2) is 5.78 Å². The predicted octanol–water partition coefficient (Wildman–Crippen LogP) is 4.30. The Bertz CT molecular complexity index is 753. The van der Waals surface area contributed by atoms with Gasteiger partial charge >= 0.3 is 0 Å². The minimum absolute atomic E-state index is 0.114. The Morgan fingerprint density at radius 2 is 1.38 bits per heavy atom. The predicted molar refractivity (Wildman–Crippen MR) is 91.3 cm³/mol. The summed E-state index contributed by atoms with van der Waals surface area (Å²) in [6.45, 7) is 0. The van der Waals surface area contributed by atoms with Crippen LogP contribution < -0.4 is 0 Å². The normalized spacial score (nSPS) is 12.8. The van der Waals surface area contributed by atoms with E-state index in [0.29, 0.717) is 16.7 Å². The molecule has 3 nitrogen and oxygen atoms in total. The van der Waals surface area contributed by atoms with Crippen molar-refractivity contribution >= 4 is 44.3 Å². The number of alkyl halides is 2. The van der Waals surface area contributed by atoms with Crippen molar-refractivity contribution in [1.82, 2.24) is 0 Å². The molecule has 0 bridgehead atoms. The molecule has 0 aliphatic rings. The minimum Gasteiger partial charge on any atom is -0.291 e. The molecule has 2 rings (SSSR count). The third-order valence-electron chi connectivity index (χ3n) is 2.94. The highest BCUT2D eigenvalue weighted by atomic mass is 127. The second-order valence-electron chi connectivity index (χ2n) is 4.28. The third kappa shape index (κ3) is 3.31. The lowest BCUT2D eigenvalue weighted by atomic mass is 10.0. The van der Waals surface area contributed by atoms with Crippen molar-refractivity contribution in [3.63, 3.8) is 0 Å². The highest BCUT2D eigenvalue weighted by molar-refractivity contribution is 14.1. The highest BCUT2D eigenvalue weighted by Crippen LogP contribution is 2.41. The monoisotopic (exact) mass is 450 g/mol. The lowest BCUT2D eigenvalue weighted by Crippen LogP contribution is -2.22. The minimum atomic E-state index is -0.910. The molecule has 0 spiro atoms. The molecule has 0 fully saturated rings. The molecule has 0 aliphatic heterocycles. The van der Waals surface area contributed by atoms with Gasteiger partial charge < -0.3 is 0 Å². The van der Waals surface area contributed by atoms with Gasteiger partial charge in [-0.1, -0.05) is 62.8 Å². The largest absolute Gasteiger partial charge is 0.291 e. The Kier molecular flexibility index (Phi) is 4.76. The van der Waals surface area contributed by atoms with E-state index >= 15 is 0 Å². The molecule has 0 aromatic heterocycles. The van der Waals surface area contributed by atoms with Gasteiger partial charge in [0.15, 0.2) is 8.11 Å². The number of carbonyl (C=O) groups excluding carboxylic acids is 1. The molecule has 1 unspecified atom stereocenters. The molecule has 0 radical (unpaired) electrons. The smallest absolute Gasteiger partial charge is 0.193 e. The van der Waals surface area contributed by atoms with Gasteiger partial charge in [-0.2, -0.15) is 10.5 Å². The molecule has 1 atom stereocenters. The SMILES string of the molecule is N#Cc1ccc(C(=O)C(Br)(I)c2ccc(C#N)cc2)cc1. The summed E-state index contributed by atoms with van der Waals surface area (Å²) in [7, 11) is 0. The van der Waals surface area contributed by atoms with Crippen molar-refractivity contribution in [2.45, 2.75) is 2.33 Å². The van der Waals surface area contributed by atoms with Crippen LogP contribution in [0.25, 0.3) is 0 Å². The molecule has 0 N–H and O–H groups in total. The van der Waals surface area contributed by atoms with Crippen LogP contribution in [0.1, 0.15) is 27.0 Å². The molecule has 21 heavy (non-hydrogen) atoms. The molecule has 0 amide bonds. The lowest BCUT2D eigenvalue weighted by Gasteiger charge is -2.19. The zero-order chi connectivity index (χ0) is 15.5. The van der Waals surface area contributed by atoms with Crippen molar-refractivity contribution in [3.05, 3.63) is 70.8 Å². The molecular weight excluding hydrogens is 443 g/mol. The molecule has 5 heteroatoms. The summed E-state index contributed by atoms with van der Waals surface area (Å²) in [5, 5.41) is 17.6. The number of carbonyl (C=O) groups is 1. The van der Waals surface area contributed by atoms with Gasteiger partial charge in [0.2, 0.25) is 0 Å². The first-order valence-corrected chi connectivity index (χ1v) is 7.79. The first kappa shape index (κ1) is 15.7. The number of Topliss-reactive ketones (excluding diaryl/α,β-unsaturated/α-hetero) is 1. The molecule has 102 valence electrons. The average Bonchev–Trinajstić information content (AvgIpc) is 2.54. The fourth-order valence-corrected chi connectivity index (χ4v) is 2.93. The van der Waals surface area contributed by atoms with Crippen molar-refractivity contribution in [3.8, 4) is 12.1 Å². The standard InChI is InChI=1S/C16H8BrIN2O/c17-16(18,14-7-3-12(10-20)4-8-14)15(21)13-5-1-11(9-19)2-6-13/h1-8H. The number of benzene rings is 2. The Hall–Kier alpha value is -1.70. The summed E-state index contributed by atoms with van der Waals surface area (Å²) in [5.41, 5.74) is 2.34. The van der Waals surface area contributed by atoms with E-state index in [-0.39, 0.29) is 5.78 Å². The van der Waals surface area contributed by atoms with E-state index in [0.717, 1.165) is 5.56 Å². The fourth-order valence-electron chi connectivity index (χ4n) is 1.76. The molecule has 0 saturated carbocycles. The second-order valence-corrected chi connectivity index (χ2v) is 8.57. The van der Waals surface area contributed by atoms with Crippen LogP contribution in [0.3, 0.4) is 0 Å². The Morgan fingerprint density at radius 3 is 1.81 bits per heavy atom. The number of hydrogen-bond acceptors (Lipinski definition) is 3. The molecule has 0 heterocycles. The maximum Gasteiger partial charge on any atom is 0.193 e. The average molecular weight is 451 g/mol. The summed E-state index contributed by atoms with van der Waals surface area (Å²) in [4.78, 5) is 12.6. The second kappa shape index (κ2) is 6.38. The van der Waals surface area contributed by atoms with Gasteiger partial charge in [-0.25, -0.2) is 0 Å². The van der Waals surface area contributed by atoms with Crippen LogP contribution in [0.15, 0.2) is 48.5 Å². The molecular formula is C16H8BrIN2O. The number of hydrogen-bond donors (Lipinski definition) is 0. The fraction of sp³-hybridized carbons (Fsp3) is 0.0625. The first-order valence-electron chi connectivity index (χ1n) is 5.92. The number of nitriles is 2. The van der Waals surface area contributed by atoms with Gasteiger partial charge in [-0.05, 0) is 29.8 Å². The Labute approximate surface area is 144 Å². The van der Waals surface area contributed by atoms with Gasteiger partial charge in [-0.15, -0.1) is 0 Å². The summed E-state index contributed by atoms with van der Waals surface area (Å²) in [6.07, 6.45) is 0. The van der Waals surface area contributed by atoms with Crippen LogP contribution in [-0.2, 0) is 2.33 Å². The number of ketones is 1. The number of rotatable bonds is 3. The summed E-state index contributed by atoms with van der Waals surface area (Å²) < 4.78 is -0.910. The molecule has 0 aliphatic carbocycles. The van der Waals surface area contributed by atoms with E-state index in [4.69, 9.17) is 10.5 Å². The molecule has 2 aromatic rings. The van der Waals surface area contributed by atoms with Crippen molar-refractivity contribution < 1.29 is 4.79 Å². The van der Waals surface area contributed by atoms with Gasteiger partial charge in [0, 0.05) is 5.56 Å². The number of halogens is 2. The van der Waals surface area contributed by atoms with Crippen LogP contribution in [0.2, 0.25) is 0 Å². The van der Waals surface area contributed by atoms with Crippen molar-refractivity contribution in [2.75, 3.05) is 0 Å². The van der Waals surface area contributed by atoms with Crippen molar-refractivity contribution in [2.24, 2.45) is 0 Å². The summed E-state index contributed by atoms with van der Waals surface area (Å²) in [5.74, 6) is -0.114. The quantitative estimate of drug-likeness (QED) is 0.398. The highest BCUT2D eigenvalue weighted by Gasteiger charge is 2.35. The van der Waals surface area contributed by atoms with E-state index in [1.807, 2.05) is 34.7 Å². The van der Waals surface area contributed by atoms with Crippen LogP contribution in [0.4, 0.5) is 0 Å². The Balaban J connectivity index is 2.34. The first-order chi connectivity index (χ1) is 9.98. The van der Waals surface area contributed by atoms with Gasteiger partial charge in [0.1, 0.15) is 0 Å². The Morgan fingerprint density at radius 1 is 0.952 bits per heavy atom. The van der Waals surface area contributed by atoms with E-state index in [1.54, 1.807) is 48.5 Å². The van der Waals surface area contributed by atoms with E-state index in [1.165, 1.54) is 0 Å².